The summed E-state index contributed by atoms with van der Waals surface area (Å²) < 4.78 is 31.4. The quantitative estimate of drug-likeness (QED) is 0.430. The van der Waals surface area contributed by atoms with E-state index in [1.165, 1.54) is 28.7 Å². The zero-order chi connectivity index (χ0) is 20.5. The molecule has 3 rings (SSSR count). The zero-order valence-corrected chi connectivity index (χ0v) is 15.5. The highest BCUT2D eigenvalue weighted by Gasteiger charge is 2.40. The van der Waals surface area contributed by atoms with Gasteiger partial charge in [0.15, 0.2) is 5.03 Å². The minimum atomic E-state index is -3.68. The van der Waals surface area contributed by atoms with Gasteiger partial charge in [-0.15, -0.1) is 0 Å². The molecule has 150 valence electrons. The largest absolute Gasteiger partial charge is 0.507 e. The van der Waals surface area contributed by atoms with Gasteiger partial charge in [0.2, 0.25) is 0 Å². The van der Waals surface area contributed by atoms with Crippen LogP contribution in [0, 0.1) is 0 Å². The molecule has 10 nitrogen and oxygen atoms in total. The number of hydrogen-bond acceptors (Lipinski definition) is 8. The number of rotatable bonds is 8. The maximum absolute atomic E-state index is 12.3. The molecule has 0 unspecified atom stereocenters. The van der Waals surface area contributed by atoms with Crippen molar-refractivity contribution >= 4 is 29.3 Å². The smallest absolute Gasteiger partial charge is 0.451 e. The summed E-state index contributed by atoms with van der Waals surface area (Å²) in [5, 5.41) is 37.5. The lowest BCUT2D eigenvalue weighted by atomic mass is 9.82. The van der Waals surface area contributed by atoms with Gasteiger partial charge in [-0.25, -0.2) is 18.2 Å². The predicted molar refractivity (Wildman–Crippen MR) is 99.9 cm³/mol. The molecule has 1 saturated heterocycles. The number of carboxylic acids is 1. The molecule has 28 heavy (non-hydrogen) atoms. The molecule has 2 aliphatic rings. The Kier molecular flexibility index (Phi) is 5.75. The number of aryl methyl sites for hydroxylation is 1. The van der Waals surface area contributed by atoms with Gasteiger partial charge in [0, 0.05) is 12.6 Å². The molecule has 0 saturated carbocycles. The summed E-state index contributed by atoms with van der Waals surface area (Å²) in [7, 11) is -5.26. The lowest BCUT2D eigenvalue weighted by Crippen LogP contribution is -2.56. The molecule has 4 N–H and O–H groups in total. The zero-order valence-electron chi connectivity index (χ0n) is 14.7. The van der Waals surface area contributed by atoms with E-state index in [2.05, 4.69) is 4.99 Å². The summed E-state index contributed by atoms with van der Waals surface area (Å²) in [6, 6.07) is 2.80. The van der Waals surface area contributed by atoms with Crippen LogP contribution in [-0.2, 0) is 16.4 Å². The average molecular weight is 410 g/mol. The van der Waals surface area contributed by atoms with Crippen LogP contribution in [0.1, 0.15) is 22.3 Å². The molecule has 0 aliphatic carbocycles. The highest BCUT2D eigenvalue weighted by molar-refractivity contribution is 7.93. The Hall–Kier alpha value is -2.41. The van der Waals surface area contributed by atoms with Gasteiger partial charge in [0.25, 0.3) is 10.0 Å². The second-order valence-electron chi connectivity index (χ2n) is 6.42. The molecule has 1 aromatic carbocycles. The molecule has 1 aromatic rings. The lowest BCUT2D eigenvalue weighted by Gasteiger charge is -2.37. The number of allylic oxidation sites excluding steroid dienone is 1. The summed E-state index contributed by atoms with van der Waals surface area (Å²) in [5.41, 5.74) is -0.212. The number of aromatic hydroxyl groups is 1. The Morgan fingerprint density at radius 2 is 2.04 bits per heavy atom. The summed E-state index contributed by atoms with van der Waals surface area (Å²) in [6.07, 6.45) is 2.90. The maximum atomic E-state index is 12.3. The third-order valence-electron chi connectivity index (χ3n) is 4.44. The first-order valence-corrected chi connectivity index (χ1v) is 9.98. The van der Waals surface area contributed by atoms with Crippen molar-refractivity contribution in [3.8, 4) is 11.5 Å². The van der Waals surface area contributed by atoms with Crippen molar-refractivity contribution in [2.45, 2.75) is 25.3 Å². The van der Waals surface area contributed by atoms with E-state index in [0.29, 0.717) is 6.42 Å². The normalized spacial score (nSPS) is 17.3. The highest BCUT2D eigenvalue weighted by Crippen LogP contribution is 2.34. The number of nitrogens with zero attached hydrogens (tertiary/aromatic N) is 2. The summed E-state index contributed by atoms with van der Waals surface area (Å²) in [5.74, 6) is -2.01. The Bertz CT molecular complexity index is 938. The minimum absolute atomic E-state index is 0.00903. The second kappa shape index (κ2) is 7.91. The van der Waals surface area contributed by atoms with E-state index >= 15 is 0 Å². The number of benzene rings is 1. The number of aromatic carboxylic acids is 1. The lowest BCUT2D eigenvalue weighted by molar-refractivity contribution is 0.0633. The average Bonchev–Trinajstić information content (AvgIpc) is 3.11. The third kappa shape index (κ3) is 4.04. The van der Waals surface area contributed by atoms with E-state index in [4.69, 9.17) is 14.8 Å². The number of hydrogen-bond donors (Lipinski definition) is 4. The minimum Gasteiger partial charge on any atom is -0.507 e. The maximum Gasteiger partial charge on any atom is 0.451 e. The van der Waals surface area contributed by atoms with E-state index in [-0.39, 0.29) is 42.2 Å². The van der Waals surface area contributed by atoms with Gasteiger partial charge >= 0.3 is 13.1 Å². The second-order valence-corrected chi connectivity index (χ2v) is 8.31. The SMILES string of the molecule is O=C(O)c1c(OC2CN(S(=O)(=O)C3=CCC=N3)C2)ccc(CCB(O)O)c1O. The van der Waals surface area contributed by atoms with Gasteiger partial charge in [0.1, 0.15) is 23.2 Å². The van der Waals surface area contributed by atoms with Crippen molar-refractivity contribution in [2.24, 2.45) is 4.99 Å². The van der Waals surface area contributed by atoms with Crippen molar-refractivity contribution in [1.82, 2.24) is 4.31 Å². The van der Waals surface area contributed by atoms with Crippen LogP contribution in [0.3, 0.4) is 0 Å². The number of phenols is 1. The molecule has 0 bridgehead atoms. The van der Waals surface area contributed by atoms with Gasteiger partial charge < -0.3 is 25.0 Å². The first-order valence-electron chi connectivity index (χ1n) is 8.54. The van der Waals surface area contributed by atoms with Crippen molar-refractivity contribution in [3.05, 3.63) is 34.4 Å². The molecule has 1 fully saturated rings. The van der Waals surface area contributed by atoms with Gasteiger partial charge in [-0.1, -0.05) is 6.07 Å². The van der Waals surface area contributed by atoms with E-state index in [1.54, 1.807) is 0 Å². The monoisotopic (exact) mass is 410 g/mol. The van der Waals surface area contributed by atoms with Crippen molar-refractivity contribution in [3.63, 3.8) is 0 Å². The van der Waals surface area contributed by atoms with Crippen LogP contribution in [0.4, 0.5) is 0 Å². The van der Waals surface area contributed by atoms with Crippen LogP contribution in [0.2, 0.25) is 6.32 Å². The van der Waals surface area contributed by atoms with E-state index in [1.807, 2.05) is 0 Å². The Morgan fingerprint density at radius 3 is 2.61 bits per heavy atom. The van der Waals surface area contributed by atoms with Crippen LogP contribution in [0.25, 0.3) is 0 Å². The van der Waals surface area contributed by atoms with Crippen molar-refractivity contribution in [2.75, 3.05) is 13.1 Å². The molecular weight excluding hydrogens is 391 g/mol. The fourth-order valence-corrected chi connectivity index (χ4v) is 4.42. The van der Waals surface area contributed by atoms with E-state index in [0.717, 1.165) is 0 Å². The van der Waals surface area contributed by atoms with Crippen LogP contribution in [0.15, 0.2) is 28.2 Å². The number of carboxylic acid groups (broad SMARTS) is 1. The summed E-state index contributed by atoms with van der Waals surface area (Å²) >= 11 is 0. The van der Waals surface area contributed by atoms with E-state index < -0.39 is 40.5 Å². The van der Waals surface area contributed by atoms with Gasteiger partial charge in [-0.2, -0.15) is 4.31 Å². The Labute approximate surface area is 161 Å². The van der Waals surface area contributed by atoms with Gasteiger partial charge in [0.05, 0.1) is 13.1 Å². The molecule has 2 heterocycles. The molecule has 12 heteroatoms. The van der Waals surface area contributed by atoms with Crippen molar-refractivity contribution < 1.29 is 38.2 Å². The predicted octanol–water partition coefficient (Wildman–Crippen LogP) is -0.186. The molecule has 0 amide bonds. The summed E-state index contributed by atoms with van der Waals surface area (Å²) in [6.45, 7) is 0.0704. The number of ether oxygens (including phenoxy) is 1. The molecule has 0 aromatic heterocycles. The number of sulfonamides is 1. The molecule has 0 atom stereocenters. The molecule has 0 radical (unpaired) electrons. The van der Waals surface area contributed by atoms with Gasteiger partial charge in [-0.05, 0) is 30.4 Å². The fourth-order valence-electron chi connectivity index (χ4n) is 2.91. The molecule has 0 spiro atoms. The molecular formula is C16H19BN2O8S. The first-order chi connectivity index (χ1) is 13.2. The topological polar surface area (TPSA) is 157 Å². The highest BCUT2D eigenvalue weighted by atomic mass is 32.2. The van der Waals surface area contributed by atoms with Crippen LogP contribution >= 0.6 is 0 Å². The summed E-state index contributed by atoms with van der Waals surface area (Å²) in [4.78, 5) is 15.4. The fraction of sp³-hybridized carbons (Fsp3) is 0.375. The van der Waals surface area contributed by atoms with E-state index in [9.17, 15) is 23.4 Å². The van der Waals surface area contributed by atoms with Crippen LogP contribution in [-0.4, -0.2) is 71.5 Å². The van der Waals surface area contributed by atoms with Crippen molar-refractivity contribution in [1.29, 1.82) is 0 Å². The van der Waals surface area contributed by atoms with Crippen LogP contribution < -0.4 is 4.74 Å². The first kappa shape index (κ1) is 20.3. The van der Waals surface area contributed by atoms with Crippen LogP contribution in [0.5, 0.6) is 11.5 Å². The third-order valence-corrected chi connectivity index (χ3v) is 6.22. The Morgan fingerprint density at radius 1 is 1.32 bits per heavy atom. The standard InChI is InChI=1S/C16H19BN2O8S/c20-15-10(5-6-17(23)24)3-4-12(14(15)16(21)22)27-11-8-19(9-11)28(25,26)13-2-1-7-18-13/h2-4,7,11,20,23-24H,1,5-6,8-9H2,(H,21,22). The molecule has 2 aliphatic heterocycles. The number of carbonyl (C=O) groups is 1. The Balaban J connectivity index is 1.70. The number of aliphatic imine (C=N–C) groups is 1. The van der Waals surface area contributed by atoms with Gasteiger partial charge in [-0.3, -0.25) is 0 Å².